The number of rotatable bonds is 14. The van der Waals surface area contributed by atoms with Gasteiger partial charge in [-0.15, -0.1) is 0 Å². The fourth-order valence-corrected chi connectivity index (χ4v) is 2.98. The van der Waals surface area contributed by atoms with Gasteiger partial charge < -0.3 is 37.6 Å². The molecule has 1 rings (SSSR count). The summed E-state index contributed by atoms with van der Waals surface area (Å²) in [5, 5.41) is 26.2. The van der Waals surface area contributed by atoms with E-state index in [0.29, 0.717) is 12.0 Å². The molecular weight excluding hydrogens is 446 g/mol. The minimum atomic E-state index is -1.26. The predicted octanol–water partition coefficient (Wildman–Crippen LogP) is -1.26. The Morgan fingerprint density at radius 3 is 2.18 bits per heavy atom. The van der Waals surface area contributed by atoms with E-state index in [-0.39, 0.29) is 30.9 Å². The molecular formula is C22H33N5O7. The van der Waals surface area contributed by atoms with Gasteiger partial charge in [0.05, 0.1) is 12.6 Å². The van der Waals surface area contributed by atoms with E-state index >= 15 is 0 Å². The van der Waals surface area contributed by atoms with E-state index in [1.807, 2.05) is 6.92 Å². The van der Waals surface area contributed by atoms with Gasteiger partial charge in [-0.1, -0.05) is 32.4 Å². The topological polar surface area (TPSA) is 214 Å². The SMILES string of the molecule is CCC(C)C(NC(=O)CNC(=O)C(N)CCC(N)=O)C(=O)NC(Cc1ccc(O)cc1)C(=O)O. The molecule has 4 atom stereocenters. The van der Waals surface area contributed by atoms with Crippen molar-refractivity contribution in [2.24, 2.45) is 17.4 Å². The Balaban J connectivity index is 2.75. The van der Waals surface area contributed by atoms with Gasteiger partial charge in [-0.25, -0.2) is 4.79 Å². The molecule has 4 unspecified atom stereocenters. The average Bonchev–Trinajstić information content (AvgIpc) is 2.79. The maximum absolute atomic E-state index is 12.9. The first-order chi connectivity index (χ1) is 15.9. The van der Waals surface area contributed by atoms with Gasteiger partial charge in [-0.2, -0.15) is 0 Å². The Kier molecular flexibility index (Phi) is 11.5. The van der Waals surface area contributed by atoms with E-state index in [0.717, 1.165) is 0 Å². The Morgan fingerprint density at radius 1 is 1.03 bits per heavy atom. The number of aliphatic carboxylic acids is 1. The first-order valence-electron chi connectivity index (χ1n) is 10.9. The van der Waals surface area contributed by atoms with E-state index in [1.165, 1.54) is 12.1 Å². The third-order valence-electron chi connectivity index (χ3n) is 5.26. The number of carbonyl (C=O) groups excluding carboxylic acids is 4. The van der Waals surface area contributed by atoms with Gasteiger partial charge in [0.1, 0.15) is 17.8 Å². The molecule has 0 saturated carbocycles. The summed E-state index contributed by atoms with van der Waals surface area (Å²) in [6.07, 6.45) is 0.435. The molecule has 12 nitrogen and oxygen atoms in total. The first kappa shape index (κ1) is 28.4. The summed E-state index contributed by atoms with van der Waals surface area (Å²) in [6, 6.07) is 2.58. The number of phenolic OH excluding ortho intramolecular Hbond substituents is 1. The van der Waals surface area contributed by atoms with Gasteiger partial charge in [0.15, 0.2) is 0 Å². The van der Waals surface area contributed by atoms with Crippen molar-refractivity contribution in [1.29, 1.82) is 0 Å². The molecule has 0 radical (unpaired) electrons. The maximum Gasteiger partial charge on any atom is 0.326 e. The van der Waals surface area contributed by atoms with Crippen LogP contribution in [0.4, 0.5) is 0 Å². The minimum absolute atomic E-state index is 0.0260. The van der Waals surface area contributed by atoms with Crippen LogP contribution < -0.4 is 27.4 Å². The van der Waals surface area contributed by atoms with Crippen LogP contribution in [0.2, 0.25) is 0 Å². The van der Waals surface area contributed by atoms with Crippen LogP contribution in [0.15, 0.2) is 24.3 Å². The normalized spacial score (nSPS) is 14.2. The standard InChI is InChI=1S/C22H33N5O7/c1-3-12(2)19(27-18(30)11-25-20(31)15(23)8-9-17(24)29)21(32)26-16(22(33)34)10-13-4-6-14(28)7-5-13/h4-7,12,15-16,19,28H,3,8-11,23H2,1-2H3,(H2,24,29)(H,25,31)(H,26,32)(H,27,30)(H,33,34). The van der Waals surface area contributed by atoms with Crippen LogP contribution >= 0.6 is 0 Å². The van der Waals surface area contributed by atoms with Gasteiger partial charge >= 0.3 is 5.97 Å². The highest BCUT2D eigenvalue weighted by Crippen LogP contribution is 2.13. The molecule has 0 aliphatic carbocycles. The summed E-state index contributed by atoms with van der Waals surface area (Å²) in [5.74, 6) is -4.16. The molecule has 1 aromatic carbocycles. The number of hydrogen-bond acceptors (Lipinski definition) is 7. The van der Waals surface area contributed by atoms with Gasteiger partial charge in [-0.3, -0.25) is 19.2 Å². The van der Waals surface area contributed by atoms with Crippen molar-refractivity contribution < 1.29 is 34.2 Å². The zero-order valence-corrected chi connectivity index (χ0v) is 19.2. The molecule has 0 heterocycles. The van der Waals surface area contributed by atoms with Crippen LogP contribution in [0.25, 0.3) is 0 Å². The fraction of sp³-hybridized carbons (Fsp3) is 0.500. The number of amides is 4. The molecule has 0 bridgehead atoms. The lowest BCUT2D eigenvalue weighted by atomic mass is 9.97. The molecule has 9 N–H and O–H groups in total. The fourth-order valence-electron chi connectivity index (χ4n) is 2.98. The van der Waals surface area contributed by atoms with Crippen LogP contribution in [0, 0.1) is 5.92 Å². The number of hydrogen-bond donors (Lipinski definition) is 7. The van der Waals surface area contributed by atoms with Crippen molar-refractivity contribution in [2.45, 2.75) is 57.7 Å². The maximum atomic E-state index is 12.9. The lowest BCUT2D eigenvalue weighted by molar-refractivity contribution is -0.142. The molecule has 0 aliphatic rings. The number of nitrogens with two attached hydrogens (primary N) is 2. The van der Waals surface area contributed by atoms with Crippen molar-refractivity contribution in [3.8, 4) is 5.75 Å². The van der Waals surface area contributed by atoms with Crippen molar-refractivity contribution in [3.63, 3.8) is 0 Å². The second-order valence-corrected chi connectivity index (χ2v) is 8.03. The Bertz CT molecular complexity index is 875. The Labute approximate surface area is 197 Å². The zero-order chi connectivity index (χ0) is 25.8. The number of carboxylic acids is 1. The van der Waals surface area contributed by atoms with E-state index in [4.69, 9.17) is 11.5 Å². The lowest BCUT2D eigenvalue weighted by Gasteiger charge is -2.25. The number of primary amides is 1. The highest BCUT2D eigenvalue weighted by atomic mass is 16.4. The molecule has 0 aliphatic heterocycles. The molecule has 34 heavy (non-hydrogen) atoms. The molecule has 4 amide bonds. The van der Waals surface area contributed by atoms with Crippen LogP contribution in [-0.2, 0) is 30.4 Å². The molecule has 1 aromatic rings. The van der Waals surface area contributed by atoms with E-state index in [2.05, 4.69) is 16.0 Å². The smallest absolute Gasteiger partial charge is 0.326 e. The Morgan fingerprint density at radius 2 is 1.65 bits per heavy atom. The van der Waals surface area contributed by atoms with Crippen LogP contribution in [0.3, 0.4) is 0 Å². The predicted molar refractivity (Wildman–Crippen MR) is 122 cm³/mol. The highest BCUT2D eigenvalue weighted by Gasteiger charge is 2.30. The Hall–Kier alpha value is -3.67. The largest absolute Gasteiger partial charge is 0.508 e. The van der Waals surface area contributed by atoms with Crippen molar-refractivity contribution in [1.82, 2.24) is 16.0 Å². The van der Waals surface area contributed by atoms with Crippen molar-refractivity contribution in [3.05, 3.63) is 29.8 Å². The number of aromatic hydroxyl groups is 1. The van der Waals surface area contributed by atoms with Crippen LogP contribution in [-0.4, -0.2) is 64.5 Å². The van der Waals surface area contributed by atoms with Gasteiger partial charge in [0.25, 0.3) is 0 Å². The molecule has 0 spiro atoms. The van der Waals surface area contributed by atoms with Crippen molar-refractivity contribution >= 4 is 29.6 Å². The summed E-state index contributed by atoms with van der Waals surface area (Å²) < 4.78 is 0. The van der Waals surface area contributed by atoms with Crippen LogP contribution in [0.1, 0.15) is 38.7 Å². The van der Waals surface area contributed by atoms with E-state index in [1.54, 1.807) is 19.1 Å². The van der Waals surface area contributed by atoms with E-state index in [9.17, 15) is 34.2 Å². The summed E-state index contributed by atoms with van der Waals surface area (Å²) in [7, 11) is 0. The third-order valence-corrected chi connectivity index (χ3v) is 5.26. The van der Waals surface area contributed by atoms with Crippen molar-refractivity contribution in [2.75, 3.05) is 6.54 Å². The number of nitrogens with one attached hydrogen (secondary N) is 3. The molecule has 188 valence electrons. The number of carbonyl (C=O) groups is 5. The molecule has 12 heteroatoms. The molecule has 0 aromatic heterocycles. The quantitative estimate of drug-likeness (QED) is 0.171. The second kappa shape index (κ2) is 13.8. The van der Waals surface area contributed by atoms with Crippen LogP contribution in [0.5, 0.6) is 5.75 Å². The van der Waals surface area contributed by atoms with Gasteiger partial charge in [-0.05, 0) is 30.0 Å². The first-order valence-corrected chi connectivity index (χ1v) is 10.9. The number of benzene rings is 1. The number of phenols is 1. The van der Waals surface area contributed by atoms with Gasteiger partial charge in [0.2, 0.25) is 23.6 Å². The average molecular weight is 480 g/mol. The second-order valence-electron chi connectivity index (χ2n) is 8.03. The summed E-state index contributed by atoms with van der Waals surface area (Å²) in [6.45, 7) is 3.07. The monoisotopic (exact) mass is 479 g/mol. The lowest BCUT2D eigenvalue weighted by Crippen LogP contribution is -2.56. The minimum Gasteiger partial charge on any atom is -0.508 e. The van der Waals surface area contributed by atoms with E-state index < -0.39 is 54.3 Å². The third kappa shape index (κ3) is 9.86. The zero-order valence-electron chi connectivity index (χ0n) is 19.2. The summed E-state index contributed by atoms with van der Waals surface area (Å²) >= 11 is 0. The number of carboxylic acid groups (broad SMARTS) is 1. The van der Waals surface area contributed by atoms with Gasteiger partial charge in [0, 0.05) is 12.8 Å². The highest BCUT2D eigenvalue weighted by molar-refractivity contribution is 5.92. The molecule has 0 saturated heterocycles. The summed E-state index contributed by atoms with van der Waals surface area (Å²) in [4.78, 5) is 59.6. The molecule has 0 fully saturated rings. The summed E-state index contributed by atoms with van der Waals surface area (Å²) in [5.41, 5.74) is 11.2.